The van der Waals surface area contributed by atoms with Crippen molar-refractivity contribution in [3.8, 4) is 0 Å². The molecule has 76 valence electrons. The highest BCUT2D eigenvalue weighted by Crippen LogP contribution is 2.22. The van der Waals surface area contributed by atoms with Crippen molar-refractivity contribution in [3.05, 3.63) is 27.6 Å². The van der Waals surface area contributed by atoms with Crippen molar-refractivity contribution in [2.24, 2.45) is 0 Å². The number of nitro groups is 1. The molecule has 0 saturated carbocycles. The minimum absolute atomic E-state index is 0.0447. The van der Waals surface area contributed by atoms with E-state index >= 15 is 0 Å². The fourth-order valence-corrected chi connectivity index (χ4v) is 1.40. The molecule has 1 heterocycles. The molecule has 1 N–H and O–H groups in total. The monoisotopic (exact) mass is 198 g/mol. The SMILES string of the molecule is CCn1c(C(=O)O)cc([N+](=O)[O-])c1C. The van der Waals surface area contributed by atoms with E-state index in [1.54, 1.807) is 6.92 Å². The topological polar surface area (TPSA) is 85.4 Å². The fraction of sp³-hybridized carbons (Fsp3) is 0.375. The van der Waals surface area contributed by atoms with Gasteiger partial charge in [-0.1, -0.05) is 0 Å². The van der Waals surface area contributed by atoms with Crippen LogP contribution in [0, 0.1) is 17.0 Å². The molecule has 0 bridgehead atoms. The molecule has 1 aromatic rings. The Bertz CT molecular complexity index is 394. The molecule has 0 aliphatic rings. The first-order chi connectivity index (χ1) is 6.49. The zero-order chi connectivity index (χ0) is 10.9. The van der Waals surface area contributed by atoms with Gasteiger partial charge in [-0.05, 0) is 13.8 Å². The molecule has 0 fully saturated rings. The highest BCUT2D eigenvalue weighted by molar-refractivity contribution is 5.87. The van der Waals surface area contributed by atoms with Gasteiger partial charge in [-0.15, -0.1) is 0 Å². The molecular weight excluding hydrogens is 188 g/mol. The second-order valence-corrected chi connectivity index (χ2v) is 2.81. The van der Waals surface area contributed by atoms with Crippen LogP contribution in [0.15, 0.2) is 6.07 Å². The lowest BCUT2D eigenvalue weighted by molar-refractivity contribution is -0.385. The van der Waals surface area contributed by atoms with E-state index in [1.807, 2.05) is 0 Å². The van der Waals surface area contributed by atoms with Gasteiger partial charge in [0.2, 0.25) is 0 Å². The third-order valence-electron chi connectivity index (χ3n) is 2.07. The van der Waals surface area contributed by atoms with Crippen LogP contribution in [-0.4, -0.2) is 20.6 Å². The van der Waals surface area contributed by atoms with E-state index in [2.05, 4.69) is 0 Å². The van der Waals surface area contributed by atoms with E-state index in [0.29, 0.717) is 12.2 Å². The molecule has 0 aromatic carbocycles. The molecule has 0 spiro atoms. The number of carboxylic acids is 1. The molecule has 6 nitrogen and oxygen atoms in total. The molecule has 6 heteroatoms. The van der Waals surface area contributed by atoms with Crippen molar-refractivity contribution >= 4 is 11.7 Å². The standard InChI is InChI=1S/C8H10N2O4/c1-3-9-5(2)6(10(13)14)4-7(9)8(11)12/h4H,3H2,1-2H3,(H,11,12). The van der Waals surface area contributed by atoms with Crippen LogP contribution in [0.4, 0.5) is 5.69 Å². The van der Waals surface area contributed by atoms with Gasteiger partial charge in [-0.25, -0.2) is 4.79 Å². The first-order valence-corrected chi connectivity index (χ1v) is 4.06. The first kappa shape index (κ1) is 10.2. The van der Waals surface area contributed by atoms with Gasteiger partial charge in [0.25, 0.3) is 5.69 Å². The highest BCUT2D eigenvalue weighted by atomic mass is 16.6. The maximum atomic E-state index is 10.7. The van der Waals surface area contributed by atoms with Gasteiger partial charge in [0, 0.05) is 12.6 Å². The average molecular weight is 198 g/mol. The number of aromatic nitrogens is 1. The third-order valence-corrected chi connectivity index (χ3v) is 2.07. The van der Waals surface area contributed by atoms with Gasteiger partial charge >= 0.3 is 5.97 Å². The van der Waals surface area contributed by atoms with Crippen molar-refractivity contribution < 1.29 is 14.8 Å². The van der Waals surface area contributed by atoms with Gasteiger partial charge in [0.05, 0.1) is 10.6 Å². The Balaban J connectivity index is 3.39. The van der Waals surface area contributed by atoms with E-state index in [-0.39, 0.29) is 11.4 Å². The summed E-state index contributed by atoms with van der Waals surface area (Å²) >= 11 is 0. The fourth-order valence-electron chi connectivity index (χ4n) is 1.40. The molecule has 0 aliphatic carbocycles. The second-order valence-electron chi connectivity index (χ2n) is 2.81. The molecular formula is C8H10N2O4. The quantitative estimate of drug-likeness (QED) is 0.587. The summed E-state index contributed by atoms with van der Waals surface area (Å²) in [6.45, 7) is 3.68. The zero-order valence-electron chi connectivity index (χ0n) is 7.85. The minimum atomic E-state index is -1.15. The van der Waals surface area contributed by atoms with Crippen LogP contribution >= 0.6 is 0 Å². The van der Waals surface area contributed by atoms with Crippen LogP contribution in [0.5, 0.6) is 0 Å². The lowest BCUT2D eigenvalue weighted by atomic mass is 10.4. The van der Waals surface area contributed by atoms with Crippen LogP contribution in [0.2, 0.25) is 0 Å². The first-order valence-electron chi connectivity index (χ1n) is 4.06. The molecule has 0 saturated heterocycles. The van der Waals surface area contributed by atoms with E-state index in [4.69, 9.17) is 5.11 Å². The Morgan fingerprint density at radius 3 is 2.57 bits per heavy atom. The smallest absolute Gasteiger partial charge is 0.352 e. The van der Waals surface area contributed by atoms with Crippen molar-refractivity contribution in [3.63, 3.8) is 0 Å². The second kappa shape index (κ2) is 3.49. The van der Waals surface area contributed by atoms with Crippen molar-refractivity contribution in [2.75, 3.05) is 0 Å². The molecule has 0 aliphatic heterocycles. The number of carbonyl (C=O) groups is 1. The lowest BCUT2D eigenvalue weighted by Gasteiger charge is -2.02. The van der Waals surface area contributed by atoms with Crippen LogP contribution in [0.3, 0.4) is 0 Å². The van der Waals surface area contributed by atoms with Gasteiger partial charge in [-0.2, -0.15) is 0 Å². The maximum absolute atomic E-state index is 10.7. The predicted octanol–water partition coefficient (Wildman–Crippen LogP) is 1.42. The van der Waals surface area contributed by atoms with Crippen molar-refractivity contribution in [1.29, 1.82) is 0 Å². The molecule has 0 unspecified atom stereocenters. The predicted molar refractivity (Wildman–Crippen MR) is 48.5 cm³/mol. The largest absolute Gasteiger partial charge is 0.477 e. The van der Waals surface area contributed by atoms with E-state index < -0.39 is 10.9 Å². The van der Waals surface area contributed by atoms with Gasteiger partial charge in [0.1, 0.15) is 5.69 Å². The van der Waals surface area contributed by atoms with E-state index in [9.17, 15) is 14.9 Å². The number of rotatable bonds is 3. The molecule has 1 aromatic heterocycles. The lowest BCUT2D eigenvalue weighted by Crippen LogP contribution is -2.08. The molecule has 1 rings (SSSR count). The number of hydrogen-bond acceptors (Lipinski definition) is 3. The summed E-state index contributed by atoms with van der Waals surface area (Å²) in [6.07, 6.45) is 0. The number of aromatic carboxylic acids is 1. The average Bonchev–Trinajstić information content (AvgIpc) is 2.42. The molecule has 14 heavy (non-hydrogen) atoms. The van der Waals surface area contributed by atoms with Crippen molar-refractivity contribution in [1.82, 2.24) is 4.57 Å². The Labute approximate surface area is 79.9 Å². The number of hydrogen-bond donors (Lipinski definition) is 1. The zero-order valence-corrected chi connectivity index (χ0v) is 7.85. The van der Waals surface area contributed by atoms with Gasteiger partial charge in [-0.3, -0.25) is 10.1 Å². The van der Waals surface area contributed by atoms with Crippen LogP contribution < -0.4 is 0 Å². The van der Waals surface area contributed by atoms with Crippen LogP contribution in [0.25, 0.3) is 0 Å². The van der Waals surface area contributed by atoms with Crippen LogP contribution in [-0.2, 0) is 6.54 Å². The Kier molecular flexibility index (Phi) is 2.55. The summed E-state index contributed by atoms with van der Waals surface area (Å²) in [5, 5.41) is 19.3. The Morgan fingerprint density at radius 2 is 2.29 bits per heavy atom. The molecule has 0 atom stereocenters. The minimum Gasteiger partial charge on any atom is -0.477 e. The summed E-state index contributed by atoms with van der Waals surface area (Å²) in [4.78, 5) is 20.7. The third kappa shape index (κ3) is 1.46. The van der Waals surface area contributed by atoms with Gasteiger partial charge < -0.3 is 9.67 Å². The summed E-state index contributed by atoms with van der Waals surface area (Å²) < 4.78 is 1.40. The van der Waals surface area contributed by atoms with E-state index in [1.165, 1.54) is 11.5 Å². The van der Waals surface area contributed by atoms with Crippen molar-refractivity contribution in [2.45, 2.75) is 20.4 Å². The Hall–Kier alpha value is -1.85. The maximum Gasteiger partial charge on any atom is 0.352 e. The normalized spacial score (nSPS) is 10.1. The molecule has 0 amide bonds. The summed E-state index contributed by atoms with van der Waals surface area (Å²) in [7, 11) is 0. The highest BCUT2D eigenvalue weighted by Gasteiger charge is 2.22. The Morgan fingerprint density at radius 1 is 1.71 bits per heavy atom. The summed E-state index contributed by atoms with van der Waals surface area (Å²) in [6, 6.07) is 1.08. The van der Waals surface area contributed by atoms with Crippen LogP contribution in [0.1, 0.15) is 23.1 Å². The molecule has 0 radical (unpaired) electrons. The summed E-state index contributed by atoms with van der Waals surface area (Å²) in [5.74, 6) is -1.15. The van der Waals surface area contributed by atoms with E-state index in [0.717, 1.165) is 6.07 Å². The van der Waals surface area contributed by atoms with Gasteiger partial charge in [0.15, 0.2) is 0 Å². The summed E-state index contributed by atoms with van der Waals surface area (Å²) in [5.41, 5.74) is 0.177. The number of carboxylic acid groups (broad SMARTS) is 1. The number of nitrogens with zero attached hydrogens (tertiary/aromatic N) is 2.